The van der Waals surface area contributed by atoms with Gasteiger partial charge in [0.25, 0.3) is 0 Å². The molecule has 0 fully saturated rings. The summed E-state index contributed by atoms with van der Waals surface area (Å²) in [5, 5.41) is 15.8. The number of nitrogens with zero attached hydrogens (tertiary/aromatic N) is 1. The Morgan fingerprint density at radius 1 is 1.47 bits per heavy atom. The van der Waals surface area contributed by atoms with Crippen LogP contribution in [0.4, 0.5) is 5.69 Å². The molecule has 5 heteroatoms. The second-order valence-electron chi connectivity index (χ2n) is 3.68. The first-order valence-electron chi connectivity index (χ1n) is 5.14. The van der Waals surface area contributed by atoms with Gasteiger partial charge in [-0.1, -0.05) is 5.16 Å². The predicted octanol–water partition coefficient (Wildman–Crippen LogP) is 2.29. The lowest BCUT2D eigenvalue weighted by molar-refractivity contribution is 0.0697. The Kier molecular flexibility index (Phi) is 3.09. The van der Waals surface area contributed by atoms with Crippen LogP contribution in [0.25, 0.3) is 0 Å². The summed E-state index contributed by atoms with van der Waals surface area (Å²) in [5.74, 6) is -0.920. The lowest BCUT2D eigenvalue weighted by atomic mass is 10.1. The Labute approximate surface area is 98.1 Å². The molecule has 0 atom stereocenters. The fraction of sp³-hybridized carbons (Fsp3) is 0.167. The molecule has 1 aromatic heterocycles. The number of rotatable bonds is 4. The molecule has 2 rings (SSSR count). The third kappa shape index (κ3) is 2.63. The van der Waals surface area contributed by atoms with E-state index in [1.54, 1.807) is 24.3 Å². The number of anilines is 1. The van der Waals surface area contributed by atoms with E-state index in [0.717, 1.165) is 16.9 Å². The third-order valence-corrected chi connectivity index (χ3v) is 2.42. The minimum Gasteiger partial charge on any atom is -0.478 e. The maximum atomic E-state index is 10.8. The quantitative estimate of drug-likeness (QED) is 0.845. The highest BCUT2D eigenvalue weighted by Crippen LogP contribution is 2.17. The summed E-state index contributed by atoms with van der Waals surface area (Å²) in [4.78, 5) is 10.8. The van der Waals surface area contributed by atoms with Gasteiger partial charge < -0.3 is 14.9 Å². The van der Waals surface area contributed by atoms with Crippen LogP contribution in [-0.4, -0.2) is 16.2 Å². The molecular formula is C12H12N2O3. The number of hydrogen-bond donors (Lipinski definition) is 2. The summed E-state index contributed by atoms with van der Waals surface area (Å²) in [6, 6.07) is 6.72. The van der Waals surface area contributed by atoms with E-state index in [1.165, 1.54) is 6.26 Å². The molecule has 2 aromatic rings. The van der Waals surface area contributed by atoms with Crippen molar-refractivity contribution in [2.75, 3.05) is 5.32 Å². The highest BCUT2D eigenvalue weighted by molar-refractivity contribution is 5.88. The second kappa shape index (κ2) is 4.69. The number of aromatic carboxylic acids is 1. The minimum atomic E-state index is -0.920. The first-order chi connectivity index (χ1) is 8.16. The number of nitrogens with one attached hydrogen (secondary N) is 1. The lowest BCUT2D eigenvalue weighted by Crippen LogP contribution is -2.03. The molecule has 0 saturated heterocycles. The van der Waals surface area contributed by atoms with Crippen LogP contribution >= 0.6 is 0 Å². The Bertz CT molecular complexity index is 521. The number of carboxylic acids is 1. The molecular weight excluding hydrogens is 220 g/mol. The molecule has 0 bridgehead atoms. The van der Waals surface area contributed by atoms with E-state index in [0.29, 0.717) is 6.54 Å². The maximum Gasteiger partial charge on any atom is 0.335 e. The van der Waals surface area contributed by atoms with E-state index in [9.17, 15) is 4.79 Å². The molecule has 0 unspecified atom stereocenters. The zero-order chi connectivity index (χ0) is 12.3. The van der Waals surface area contributed by atoms with Crippen molar-refractivity contribution in [2.24, 2.45) is 0 Å². The van der Waals surface area contributed by atoms with Gasteiger partial charge in [0.1, 0.15) is 12.0 Å². The highest BCUT2D eigenvalue weighted by atomic mass is 16.5. The molecule has 17 heavy (non-hydrogen) atoms. The summed E-state index contributed by atoms with van der Waals surface area (Å²) >= 11 is 0. The van der Waals surface area contributed by atoms with Crippen LogP contribution in [0.15, 0.2) is 35.1 Å². The standard InChI is InChI=1S/C12H12N2O3/c1-8-6-9(12(15)16)2-3-11(8)13-7-10-4-5-17-14-10/h2-6,13H,7H2,1H3,(H,15,16). The Balaban J connectivity index is 2.09. The SMILES string of the molecule is Cc1cc(C(=O)O)ccc1NCc1ccon1. The highest BCUT2D eigenvalue weighted by Gasteiger charge is 2.05. The summed E-state index contributed by atoms with van der Waals surface area (Å²) < 4.78 is 4.72. The summed E-state index contributed by atoms with van der Waals surface area (Å²) in [7, 11) is 0. The average Bonchev–Trinajstić information content (AvgIpc) is 2.80. The molecule has 0 aliphatic carbocycles. The van der Waals surface area contributed by atoms with Gasteiger partial charge >= 0.3 is 5.97 Å². The summed E-state index contributed by atoms with van der Waals surface area (Å²) in [6.07, 6.45) is 1.51. The molecule has 0 aliphatic rings. The lowest BCUT2D eigenvalue weighted by Gasteiger charge is -2.08. The second-order valence-corrected chi connectivity index (χ2v) is 3.68. The molecule has 0 amide bonds. The van der Waals surface area contributed by atoms with Crippen molar-refractivity contribution in [1.82, 2.24) is 5.16 Å². The van der Waals surface area contributed by atoms with Crippen molar-refractivity contribution >= 4 is 11.7 Å². The number of aromatic nitrogens is 1. The van der Waals surface area contributed by atoms with Gasteiger partial charge in [-0.3, -0.25) is 0 Å². The van der Waals surface area contributed by atoms with Crippen LogP contribution in [0, 0.1) is 6.92 Å². The molecule has 1 aromatic carbocycles. The van der Waals surface area contributed by atoms with E-state index >= 15 is 0 Å². The van der Waals surface area contributed by atoms with Gasteiger partial charge in [0.2, 0.25) is 0 Å². The van der Waals surface area contributed by atoms with Gasteiger partial charge in [0, 0.05) is 11.8 Å². The van der Waals surface area contributed by atoms with Crippen molar-refractivity contribution in [3.8, 4) is 0 Å². The fourth-order valence-electron chi connectivity index (χ4n) is 1.51. The molecule has 88 valence electrons. The normalized spacial score (nSPS) is 10.2. The summed E-state index contributed by atoms with van der Waals surface area (Å²) in [6.45, 7) is 2.40. The van der Waals surface area contributed by atoms with Crippen LogP contribution in [0.1, 0.15) is 21.6 Å². The smallest absolute Gasteiger partial charge is 0.335 e. The van der Waals surface area contributed by atoms with Crippen LogP contribution in [-0.2, 0) is 6.54 Å². The predicted molar refractivity (Wildman–Crippen MR) is 62.0 cm³/mol. The van der Waals surface area contributed by atoms with E-state index in [4.69, 9.17) is 9.63 Å². The number of benzene rings is 1. The van der Waals surface area contributed by atoms with Crippen molar-refractivity contribution in [3.63, 3.8) is 0 Å². The molecule has 0 aliphatic heterocycles. The fourth-order valence-corrected chi connectivity index (χ4v) is 1.51. The van der Waals surface area contributed by atoms with Gasteiger partial charge in [-0.05, 0) is 30.7 Å². The van der Waals surface area contributed by atoms with Crippen LogP contribution in [0.5, 0.6) is 0 Å². The van der Waals surface area contributed by atoms with E-state index in [2.05, 4.69) is 10.5 Å². The zero-order valence-electron chi connectivity index (χ0n) is 9.30. The minimum absolute atomic E-state index is 0.287. The Morgan fingerprint density at radius 3 is 2.88 bits per heavy atom. The number of carboxylic acid groups (broad SMARTS) is 1. The number of carbonyl (C=O) groups is 1. The topological polar surface area (TPSA) is 75.4 Å². The largest absolute Gasteiger partial charge is 0.478 e. The van der Waals surface area contributed by atoms with Crippen molar-refractivity contribution in [1.29, 1.82) is 0 Å². The Morgan fingerprint density at radius 2 is 2.29 bits per heavy atom. The molecule has 5 nitrogen and oxygen atoms in total. The van der Waals surface area contributed by atoms with Crippen molar-refractivity contribution in [2.45, 2.75) is 13.5 Å². The van der Waals surface area contributed by atoms with E-state index < -0.39 is 5.97 Å². The van der Waals surface area contributed by atoms with Gasteiger partial charge in [-0.15, -0.1) is 0 Å². The molecule has 0 radical (unpaired) electrons. The molecule has 0 saturated carbocycles. The van der Waals surface area contributed by atoms with E-state index in [1.807, 2.05) is 6.92 Å². The molecule has 0 spiro atoms. The van der Waals surface area contributed by atoms with Gasteiger partial charge in [0.15, 0.2) is 0 Å². The number of aryl methyl sites for hydroxylation is 1. The van der Waals surface area contributed by atoms with Crippen LogP contribution < -0.4 is 5.32 Å². The average molecular weight is 232 g/mol. The Hall–Kier alpha value is -2.30. The van der Waals surface area contributed by atoms with Crippen LogP contribution in [0.3, 0.4) is 0 Å². The zero-order valence-corrected chi connectivity index (χ0v) is 9.30. The molecule has 2 N–H and O–H groups in total. The van der Waals surface area contributed by atoms with Crippen molar-refractivity contribution < 1.29 is 14.4 Å². The summed E-state index contributed by atoms with van der Waals surface area (Å²) in [5.41, 5.74) is 2.85. The monoisotopic (exact) mass is 232 g/mol. The van der Waals surface area contributed by atoms with Gasteiger partial charge in [-0.2, -0.15) is 0 Å². The van der Waals surface area contributed by atoms with Gasteiger partial charge in [-0.25, -0.2) is 4.79 Å². The molecule has 1 heterocycles. The third-order valence-electron chi connectivity index (χ3n) is 2.42. The number of hydrogen-bond acceptors (Lipinski definition) is 4. The van der Waals surface area contributed by atoms with Crippen molar-refractivity contribution in [3.05, 3.63) is 47.3 Å². The van der Waals surface area contributed by atoms with E-state index in [-0.39, 0.29) is 5.56 Å². The maximum absolute atomic E-state index is 10.8. The first-order valence-corrected chi connectivity index (χ1v) is 5.14. The van der Waals surface area contributed by atoms with Gasteiger partial charge in [0.05, 0.1) is 12.1 Å². The van der Waals surface area contributed by atoms with Crippen LogP contribution in [0.2, 0.25) is 0 Å². The first kappa shape index (κ1) is 11.2.